The molecule has 1 heterocycles. The van der Waals surface area contributed by atoms with Gasteiger partial charge in [0.2, 0.25) is 5.91 Å². The molecule has 0 aliphatic rings. The highest BCUT2D eigenvalue weighted by Gasteiger charge is 2.16. The molecule has 0 aliphatic heterocycles. The van der Waals surface area contributed by atoms with Crippen molar-refractivity contribution in [1.29, 1.82) is 0 Å². The molecule has 2 amide bonds. The fraction of sp³-hybridized carbons (Fsp3) is 0.250. The number of ether oxygens (including phenoxy) is 2. The van der Waals surface area contributed by atoms with Crippen LogP contribution >= 0.6 is 11.3 Å². The lowest BCUT2D eigenvalue weighted by molar-refractivity contribution is -0.114. The molecule has 0 atom stereocenters. The quantitative estimate of drug-likeness (QED) is 0.513. The second kappa shape index (κ2) is 10.6. The van der Waals surface area contributed by atoms with Gasteiger partial charge in [0.25, 0.3) is 5.91 Å². The average Bonchev–Trinajstić information content (AvgIpc) is 3.29. The molecule has 0 bridgehead atoms. The van der Waals surface area contributed by atoms with Gasteiger partial charge in [-0.15, -0.1) is 11.3 Å². The number of rotatable bonds is 9. The largest absolute Gasteiger partial charge is 0.493 e. The van der Waals surface area contributed by atoms with E-state index in [0.717, 1.165) is 10.4 Å². The fourth-order valence-corrected chi connectivity index (χ4v) is 3.75. The second-order valence-corrected chi connectivity index (χ2v) is 7.97. The van der Waals surface area contributed by atoms with Crippen molar-refractivity contribution < 1.29 is 19.1 Å². The van der Waals surface area contributed by atoms with Gasteiger partial charge in [0.1, 0.15) is 6.61 Å². The zero-order valence-corrected chi connectivity index (χ0v) is 18.7. The van der Waals surface area contributed by atoms with E-state index in [2.05, 4.69) is 5.32 Å². The molecule has 0 spiro atoms. The van der Waals surface area contributed by atoms with Crippen LogP contribution in [0.5, 0.6) is 11.5 Å². The Morgan fingerprint density at radius 2 is 1.90 bits per heavy atom. The maximum absolute atomic E-state index is 13.0. The lowest BCUT2D eigenvalue weighted by Crippen LogP contribution is -2.30. The highest BCUT2D eigenvalue weighted by atomic mass is 32.1. The van der Waals surface area contributed by atoms with Gasteiger partial charge in [0.05, 0.1) is 7.11 Å². The first-order valence-corrected chi connectivity index (χ1v) is 10.9. The predicted octanol–water partition coefficient (Wildman–Crippen LogP) is 4.96. The first-order valence-electron chi connectivity index (χ1n) is 9.99. The zero-order valence-electron chi connectivity index (χ0n) is 17.9. The lowest BCUT2D eigenvalue weighted by Gasteiger charge is -2.22. The van der Waals surface area contributed by atoms with Gasteiger partial charge < -0.3 is 19.7 Å². The van der Waals surface area contributed by atoms with E-state index in [9.17, 15) is 9.59 Å². The minimum absolute atomic E-state index is 0.105. The molecule has 1 aromatic heterocycles. The number of nitrogens with one attached hydrogen (secondary N) is 1. The van der Waals surface area contributed by atoms with Crippen LogP contribution in [-0.2, 0) is 17.9 Å². The highest BCUT2D eigenvalue weighted by molar-refractivity contribution is 7.09. The molecule has 3 rings (SSSR count). The summed E-state index contributed by atoms with van der Waals surface area (Å²) in [6, 6.07) is 16.7. The highest BCUT2D eigenvalue weighted by Crippen LogP contribution is 2.30. The minimum Gasteiger partial charge on any atom is -0.493 e. The summed E-state index contributed by atoms with van der Waals surface area (Å²) in [6.45, 7) is 4.83. The van der Waals surface area contributed by atoms with E-state index in [1.54, 1.807) is 47.6 Å². The third kappa shape index (κ3) is 6.08. The summed E-state index contributed by atoms with van der Waals surface area (Å²) in [7, 11) is 1.60. The summed E-state index contributed by atoms with van der Waals surface area (Å²) in [6.07, 6.45) is 0. The van der Waals surface area contributed by atoms with E-state index < -0.39 is 0 Å². The molecule has 31 heavy (non-hydrogen) atoms. The van der Waals surface area contributed by atoms with Crippen molar-refractivity contribution in [2.24, 2.45) is 0 Å². The number of hydrogen-bond donors (Lipinski definition) is 1. The second-order valence-electron chi connectivity index (χ2n) is 6.93. The molecule has 0 fully saturated rings. The Hall–Kier alpha value is -3.32. The molecule has 0 unspecified atom stereocenters. The van der Waals surface area contributed by atoms with Crippen LogP contribution in [0.15, 0.2) is 60.0 Å². The maximum Gasteiger partial charge on any atom is 0.254 e. The number of benzene rings is 2. The van der Waals surface area contributed by atoms with Crippen molar-refractivity contribution in [3.8, 4) is 11.5 Å². The number of carbonyl (C=O) groups is 2. The van der Waals surface area contributed by atoms with E-state index in [0.29, 0.717) is 42.4 Å². The molecule has 7 heteroatoms. The molecule has 0 saturated heterocycles. The van der Waals surface area contributed by atoms with Gasteiger partial charge in [-0.2, -0.15) is 0 Å². The van der Waals surface area contributed by atoms with Gasteiger partial charge >= 0.3 is 0 Å². The predicted molar refractivity (Wildman–Crippen MR) is 123 cm³/mol. The van der Waals surface area contributed by atoms with E-state index in [4.69, 9.17) is 9.47 Å². The Morgan fingerprint density at radius 3 is 2.58 bits per heavy atom. The Kier molecular flexibility index (Phi) is 7.67. The van der Waals surface area contributed by atoms with Crippen molar-refractivity contribution >= 4 is 28.8 Å². The van der Waals surface area contributed by atoms with Gasteiger partial charge in [0.15, 0.2) is 11.5 Å². The average molecular weight is 439 g/mol. The zero-order chi connectivity index (χ0) is 22.2. The molecular formula is C24H26N2O4S. The summed E-state index contributed by atoms with van der Waals surface area (Å²) in [5.41, 5.74) is 2.06. The molecule has 6 nitrogen and oxygen atoms in total. The number of hydrogen-bond acceptors (Lipinski definition) is 5. The number of carbonyl (C=O) groups excluding carboxylic acids is 2. The standard InChI is InChI=1S/C24H26N2O4S/c1-4-26(24(28)19-7-5-8-20(14-19)25-17(2)27)15-18-10-11-22(23(13-18)29-3)30-16-21-9-6-12-31-21/h5-14H,4,15-16H2,1-3H3,(H,25,27). The van der Waals surface area contributed by atoms with E-state index in [-0.39, 0.29) is 11.8 Å². The number of nitrogens with zero attached hydrogens (tertiary/aromatic N) is 1. The first kappa shape index (κ1) is 22.4. The molecule has 1 N–H and O–H groups in total. The minimum atomic E-state index is -0.176. The molecule has 2 aromatic carbocycles. The molecule has 0 saturated carbocycles. The number of amides is 2. The summed E-state index contributed by atoms with van der Waals surface area (Å²) >= 11 is 1.64. The van der Waals surface area contributed by atoms with Crippen LogP contribution in [0.2, 0.25) is 0 Å². The summed E-state index contributed by atoms with van der Waals surface area (Å²) in [5.74, 6) is 1.01. The molecular weight excluding hydrogens is 412 g/mol. The molecule has 0 aliphatic carbocycles. The molecule has 3 aromatic rings. The Morgan fingerprint density at radius 1 is 1.06 bits per heavy atom. The van der Waals surface area contributed by atoms with Crippen LogP contribution in [0.25, 0.3) is 0 Å². The van der Waals surface area contributed by atoms with E-state index >= 15 is 0 Å². The smallest absolute Gasteiger partial charge is 0.254 e. The van der Waals surface area contributed by atoms with Crippen LogP contribution in [0.4, 0.5) is 5.69 Å². The van der Waals surface area contributed by atoms with Crippen molar-refractivity contribution in [2.75, 3.05) is 19.0 Å². The van der Waals surface area contributed by atoms with Crippen LogP contribution in [0.3, 0.4) is 0 Å². The van der Waals surface area contributed by atoms with Gasteiger partial charge in [-0.05, 0) is 54.3 Å². The number of thiophene rings is 1. The van der Waals surface area contributed by atoms with Crippen LogP contribution in [0, 0.1) is 0 Å². The topological polar surface area (TPSA) is 67.9 Å². The van der Waals surface area contributed by atoms with Crippen molar-refractivity contribution in [1.82, 2.24) is 4.90 Å². The Bertz CT molecular complexity index is 1030. The summed E-state index contributed by atoms with van der Waals surface area (Å²) < 4.78 is 11.4. The lowest BCUT2D eigenvalue weighted by atomic mass is 10.1. The molecule has 0 radical (unpaired) electrons. The normalized spacial score (nSPS) is 10.4. The third-order valence-electron chi connectivity index (χ3n) is 4.65. The maximum atomic E-state index is 13.0. The monoisotopic (exact) mass is 438 g/mol. The van der Waals surface area contributed by atoms with Gasteiger partial charge in [-0.1, -0.05) is 18.2 Å². The summed E-state index contributed by atoms with van der Waals surface area (Å²) in [4.78, 5) is 27.2. The first-order chi connectivity index (χ1) is 15.0. The van der Waals surface area contributed by atoms with Gasteiger partial charge in [-0.25, -0.2) is 0 Å². The Labute approximate surface area is 186 Å². The van der Waals surface area contributed by atoms with E-state index in [1.165, 1.54) is 6.92 Å². The van der Waals surface area contributed by atoms with Gasteiger partial charge in [0, 0.05) is 36.1 Å². The Balaban J connectivity index is 1.72. The van der Waals surface area contributed by atoms with E-state index in [1.807, 2.05) is 42.6 Å². The van der Waals surface area contributed by atoms with Gasteiger partial charge in [-0.3, -0.25) is 9.59 Å². The SMILES string of the molecule is CCN(Cc1ccc(OCc2cccs2)c(OC)c1)C(=O)c1cccc(NC(C)=O)c1. The summed E-state index contributed by atoms with van der Waals surface area (Å²) in [5, 5.41) is 4.73. The number of methoxy groups -OCH3 is 1. The van der Waals surface area contributed by atoms with Crippen molar-refractivity contribution in [3.63, 3.8) is 0 Å². The fourth-order valence-electron chi connectivity index (χ4n) is 3.14. The molecule has 162 valence electrons. The third-order valence-corrected chi connectivity index (χ3v) is 5.50. The van der Waals surface area contributed by atoms with Crippen LogP contribution in [-0.4, -0.2) is 30.4 Å². The van der Waals surface area contributed by atoms with Crippen molar-refractivity contribution in [3.05, 3.63) is 76.0 Å². The number of anilines is 1. The van der Waals surface area contributed by atoms with Crippen molar-refractivity contribution in [2.45, 2.75) is 27.0 Å². The van der Waals surface area contributed by atoms with Crippen LogP contribution < -0.4 is 14.8 Å². The van der Waals surface area contributed by atoms with Crippen LogP contribution in [0.1, 0.15) is 34.6 Å².